The fourth-order valence-corrected chi connectivity index (χ4v) is 2.07. The van der Waals surface area contributed by atoms with Crippen molar-refractivity contribution < 1.29 is 13.8 Å². The van der Waals surface area contributed by atoms with Crippen LogP contribution in [0.2, 0.25) is 0 Å². The molecule has 0 amide bonds. The number of rotatable bonds is 6. The van der Waals surface area contributed by atoms with Crippen molar-refractivity contribution in [3.8, 4) is 0 Å². The van der Waals surface area contributed by atoms with Crippen LogP contribution in [0.5, 0.6) is 0 Å². The lowest BCUT2D eigenvalue weighted by Gasteiger charge is -2.08. The Morgan fingerprint density at radius 2 is 2.30 bits per heavy atom. The normalized spacial score (nSPS) is 13.9. The second kappa shape index (κ2) is 7.04. The van der Waals surface area contributed by atoms with Gasteiger partial charge < -0.3 is 4.18 Å². The van der Waals surface area contributed by atoms with E-state index in [1.807, 2.05) is 6.08 Å². The topological polar surface area (TPSA) is 74.1 Å². The number of hydrogen-bond donors (Lipinski definition) is 1. The van der Waals surface area contributed by atoms with Gasteiger partial charge in [0, 0.05) is 19.3 Å². The fourth-order valence-electron chi connectivity index (χ4n) is 1.99. The van der Waals surface area contributed by atoms with Crippen LogP contribution in [0.1, 0.15) is 36.3 Å². The molecule has 2 rings (SSSR count). The van der Waals surface area contributed by atoms with Crippen LogP contribution in [0, 0.1) is 0 Å². The number of ketones is 1. The molecule has 0 fully saturated rings. The van der Waals surface area contributed by atoms with Crippen LogP contribution in [0.25, 0.3) is 0 Å². The zero-order valence-corrected chi connectivity index (χ0v) is 11.8. The van der Waals surface area contributed by atoms with Crippen LogP contribution in [0.3, 0.4) is 0 Å². The molecule has 1 aromatic rings. The van der Waals surface area contributed by atoms with Crippen molar-refractivity contribution in [1.29, 1.82) is 0 Å². The van der Waals surface area contributed by atoms with Gasteiger partial charge in [0.1, 0.15) is 12.9 Å². The molecular weight excluding hydrogens is 278 g/mol. The molecule has 0 atom stereocenters. The third-order valence-electron chi connectivity index (χ3n) is 3.03. The van der Waals surface area contributed by atoms with Crippen LogP contribution < -0.4 is 0 Å². The van der Waals surface area contributed by atoms with Crippen molar-refractivity contribution in [2.75, 3.05) is 0 Å². The average molecular weight is 293 g/mol. The number of nitrogens with zero attached hydrogens (tertiary/aromatic N) is 3. The fraction of sp³-hybridized carbons (Fsp3) is 0.385. The molecule has 0 unspecified atom stereocenters. The van der Waals surface area contributed by atoms with Crippen LogP contribution >= 0.6 is 12.9 Å². The summed E-state index contributed by atoms with van der Waals surface area (Å²) in [6.07, 6.45) is 10.6. The molecule has 0 bridgehead atoms. The largest absolute Gasteiger partial charge is 0.389 e. The Morgan fingerprint density at radius 3 is 3.00 bits per heavy atom. The van der Waals surface area contributed by atoms with E-state index in [0.717, 1.165) is 19.3 Å². The summed E-state index contributed by atoms with van der Waals surface area (Å²) in [6.45, 7) is 0.0152. The molecule has 20 heavy (non-hydrogen) atoms. The number of Topliss-reactive ketones (excluding diaryl/α,β-unsaturated/α-hetero) is 1. The van der Waals surface area contributed by atoms with Crippen molar-refractivity contribution in [3.63, 3.8) is 0 Å². The smallest absolute Gasteiger partial charge is 0.387 e. The van der Waals surface area contributed by atoms with E-state index < -0.39 is 5.97 Å². The summed E-state index contributed by atoms with van der Waals surface area (Å²) >= 11 is 3.42. The first kappa shape index (κ1) is 14.5. The molecule has 7 heteroatoms. The quantitative estimate of drug-likeness (QED) is 0.640. The minimum atomic E-state index is -0.723. The predicted molar refractivity (Wildman–Crippen MR) is 75.1 cm³/mol. The molecule has 0 saturated carbocycles. The highest BCUT2D eigenvalue weighted by molar-refractivity contribution is 7.75. The van der Waals surface area contributed by atoms with Gasteiger partial charge in [0.2, 0.25) is 5.82 Å². The molecule has 0 saturated heterocycles. The molecule has 1 aromatic heterocycles. The summed E-state index contributed by atoms with van der Waals surface area (Å²) in [6, 6.07) is 0. The maximum absolute atomic E-state index is 11.9. The van der Waals surface area contributed by atoms with Gasteiger partial charge in [-0.1, -0.05) is 23.8 Å². The molecule has 0 aliphatic heterocycles. The first-order valence-corrected chi connectivity index (χ1v) is 6.67. The maximum atomic E-state index is 11.9. The van der Waals surface area contributed by atoms with E-state index in [1.54, 1.807) is 0 Å². The number of thiol groups is 1. The molecule has 106 valence electrons. The highest BCUT2D eigenvalue weighted by atomic mass is 32.1. The summed E-state index contributed by atoms with van der Waals surface area (Å²) in [7, 11) is 0. The highest BCUT2D eigenvalue weighted by Crippen LogP contribution is 2.17. The molecular formula is C13H15N3O3S. The van der Waals surface area contributed by atoms with E-state index in [1.165, 1.54) is 16.6 Å². The van der Waals surface area contributed by atoms with E-state index in [0.29, 0.717) is 6.42 Å². The third kappa shape index (κ3) is 3.80. The summed E-state index contributed by atoms with van der Waals surface area (Å²) in [5, 5.41) is 3.84. The molecule has 1 heterocycles. The number of carbonyl (C=O) groups excluding carboxylic acids is 2. The second-order valence-electron chi connectivity index (χ2n) is 4.45. The van der Waals surface area contributed by atoms with Gasteiger partial charge in [0.25, 0.3) is 0 Å². The standard InChI is InChI=1S/C13H15N3O3S/c17-11(7-6-10-4-2-1-3-5-10)8-16-12(13(18)19-20)14-9-15-16/h1-2,4,9,20H,3,5-8H2. The van der Waals surface area contributed by atoms with E-state index in [9.17, 15) is 9.59 Å². The van der Waals surface area contributed by atoms with Gasteiger partial charge in [-0.3, -0.25) is 4.79 Å². The van der Waals surface area contributed by atoms with Crippen molar-refractivity contribution in [2.45, 2.75) is 32.2 Å². The van der Waals surface area contributed by atoms with Crippen LogP contribution in [0.4, 0.5) is 0 Å². The van der Waals surface area contributed by atoms with Gasteiger partial charge in [-0.15, -0.1) is 0 Å². The summed E-state index contributed by atoms with van der Waals surface area (Å²) < 4.78 is 5.51. The average Bonchev–Trinajstić information content (AvgIpc) is 2.93. The number of carbonyl (C=O) groups is 2. The minimum Gasteiger partial charge on any atom is -0.389 e. The first-order chi connectivity index (χ1) is 9.70. The number of allylic oxidation sites excluding steroid dienone is 4. The zero-order chi connectivity index (χ0) is 14.4. The monoisotopic (exact) mass is 293 g/mol. The number of aromatic nitrogens is 3. The molecule has 0 radical (unpaired) electrons. The van der Waals surface area contributed by atoms with Crippen molar-refractivity contribution in [2.24, 2.45) is 0 Å². The first-order valence-electron chi connectivity index (χ1n) is 6.30. The lowest BCUT2D eigenvalue weighted by molar-refractivity contribution is -0.119. The van der Waals surface area contributed by atoms with E-state index in [-0.39, 0.29) is 18.2 Å². The van der Waals surface area contributed by atoms with Crippen LogP contribution in [-0.2, 0) is 15.5 Å². The molecule has 0 N–H and O–H groups in total. The Kier molecular flexibility index (Phi) is 5.11. The lowest BCUT2D eigenvalue weighted by Crippen LogP contribution is -2.17. The van der Waals surface area contributed by atoms with Crippen molar-refractivity contribution in [3.05, 3.63) is 36.0 Å². The van der Waals surface area contributed by atoms with Gasteiger partial charge in [-0.05, 0) is 19.3 Å². The lowest BCUT2D eigenvalue weighted by atomic mass is 9.99. The predicted octanol–water partition coefficient (Wildman–Crippen LogP) is 1.91. The van der Waals surface area contributed by atoms with Gasteiger partial charge >= 0.3 is 5.97 Å². The molecule has 1 aliphatic rings. The molecule has 1 aliphatic carbocycles. The van der Waals surface area contributed by atoms with E-state index >= 15 is 0 Å². The summed E-state index contributed by atoms with van der Waals surface area (Å²) in [5.74, 6) is -0.744. The van der Waals surface area contributed by atoms with Crippen LogP contribution in [-0.4, -0.2) is 26.5 Å². The maximum Gasteiger partial charge on any atom is 0.387 e. The molecule has 0 spiro atoms. The Hall–Kier alpha value is -1.89. The van der Waals surface area contributed by atoms with Gasteiger partial charge in [-0.25, -0.2) is 14.5 Å². The van der Waals surface area contributed by atoms with E-state index in [4.69, 9.17) is 0 Å². The Labute approximate surface area is 122 Å². The number of hydrogen-bond acceptors (Lipinski definition) is 6. The van der Waals surface area contributed by atoms with Crippen LogP contribution in [0.15, 0.2) is 30.1 Å². The van der Waals surface area contributed by atoms with Crippen molar-refractivity contribution >= 4 is 24.7 Å². The summed E-state index contributed by atoms with van der Waals surface area (Å²) in [5.41, 5.74) is 1.27. The Balaban J connectivity index is 1.88. The highest BCUT2D eigenvalue weighted by Gasteiger charge is 2.17. The molecule has 0 aromatic carbocycles. The second-order valence-corrected chi connectivity index (χ2v) is 4.63. The molecule has 6 nitrogen and oxygen atoms in total. The minimum absolute atomic E-state index is 0.000771. The summed E-state index contributed by atoms with van der Waals surface area (Å²) in [4.78, 5) is 27.0. The van der Waals surface area contributed by atoms with E-state index in [2.05, 4.69) is 39.3 Å². The van der Waals surface area contributed by atoms with Gasteiger partial charge in [-0.2, -0.15) is 5.10 Å². The Morgan fingerprint density at radius 1 is 1.45 bits per heavy atom. The van der Waals surface area contributed by atoms with Crippen molar-refractivity contribution in [1.82, 2.24) is 14.8 Å². The van der Waals surface area contributed by atoms with Gasteiger partial charge in [0.15, 0.2) is 5.78 Å². The van der Waals surface area contributed by atoms with Gasteiger partial charge in [0.05, 0.1) is 0 Å². The SMILES string of the molecule is O=C(CCC1=CC=CCC1)Cn1ncnc1C(=O)OS. The zero-order valence-electron chi connectivity index (χ0n) is 10.9. The third-order valence-corrected chi connectivity index (χ3v) is 3.20. The Bertz CT molecular complexity index is 563.